The van der Waals surface area contributed by atoms with Gasteiger partial charge < -0.3 is 5.32 Å². The minimum absolute atomic E-state index is 0.0337. The Bertz CT molecular complexity index is 881. The standard InChI is InChI=1S/C17H13Cl2N3O3/c1-10-8-16(14-7-2-11(18)9-15(14)19)20-17(23)21(10)12-3-5-13(6-4-12)22(24)25/h2-9,16H,1H3,(H,20,23). The van der Waals surface area contributed by atoms with Gasteiger partial charge in [0.25, 0.3) is 5.69 Å². The van der Waals surface area contributed by atoms with Gasteiger partial charge >= 0.3 is 6.03 Å². The van der Waals surface area contributed by atoms with Gasteiger partial charge in [-0.25, -0.2) is 4.79 Å². The number of halogens is 2. The Kier molecular flexibility index (Phi) is 4.65. The molecule has 0 aromatic heterocycles. The fraction of sp³-hybridized carbons (Fsp3) is 0.118. The molecule has 6 nitrogen and oxygen atoms in total. The molecular weight excluding hydrogens is 365 g/mol. The molecule has 0 saturated carbocycles. The van der Waals surface area contributed by atoms with Crippen molar-refractivity contribution in [2.75, 3.05) is 4.90 Å². The van der Waals surface area contributed by atoms with E-state index in [1.807, 2.05) is 6.08 Å². The van der Waals surface area contributed by atoms with Gasteiger partial charge in [-0.3, -0.25) is 15.0 Å². The Morgan fingerprint density at radius 1 is 1.16 bits per heavy atom. The Labute approximate surface area is 153 Å². The molecule has 0 saturated heterocycles. The van der Waals surface area contributed by atoms with Crippen LogP contribution in [0.25, 0.3) is 0 Å². The van der Waals surface area contributed by atoms with E-state index in [1.54, 1.807) is 25.1 Å². The van der Waals surface area contributed by atoms with Gasteiger partial charge in [0, 0.05) is 27.9 Å². The summed E-state index contributed by atoms with van der Waals surface area (Å²) in [6.45, 7) is 1.79. The molecule has 2 amide bonds. The van der Waals surface area contributed by atoms with Gasteiger partial charge in [0.15, 0.2) is 0 Å². The SMILES string of the molecule is CC1=CC(c2ccc(Cl)cc2Cl)NC(=O)N1c1ccc([N+](=O)[O-])cc1. The van der Waals surface area contributed by atoms with Crippen LogP contribution in [0.4, 0.5) is 16.2 Å². The van der Waals surface area contributed by atoms with E-state index in [-0.39, 0.29) is 17.8 Å². The third kappa shape index (κ3) is 3.45. The predicted molar refractivity (Wildman–Crippen MR) is 97.1 cm³/mol. The molecule has 0 bridgehead atoms. The number of rotatable bonds is 3. The molecule has 1 aliphatic heterocycles. The maximum atomic E-state index is 12.6. The number of allylic oxidation sites excluding steroid dienone is 1. The third-order valence-corrected chi connectivity index (χ3v) is 4.42. The van der Waals surface area contributed by atoms with E-state index in [0.717, 1.165) is 5.56 Å². The number of nitrogens with one attached hydrogen (secondary N) is 1. The largest absolute Gasteiger partial charge is 0.327 e. The summed E-state index contributed by atoms with van der Waals surface area (Å²) in [6.07, 6.45) is 1.86. The fourth-order valence-corrected chi connectivity index (χ4v) is 3.21. The Hall–Kier alpha value is -2.57. The molecule has 25 heavy (non-hydrogen) atoms. The molecule has 8 heteroatoms. The molecule has 2 aromatic carbocycles. The summed E-state index contributed by atoms with van der Waals surface area (Å²) >= 11 is 12.1. The molecule has 1 N–H and O–H groups in total. The van der Waals surface area contributed by atoms with Crippen molar-refractivity contribution in [1.29, 1.82) is 0 Å². The van der Waals surface area contributed by atoms with Crippen LogP contribution in [0.15, 0.2) is 54.2 Å². The van der Waals surface area contributed by atoms with Crippen molar-refractivity contribution in [3.63, 3.8) is 0 Å². The quantitative estimate of drug-likeness (QED) is 0.598. The molecule has 0 spiro atoms. The van der Waals surface area contributed by atoms with Gasteiger partial charge in [-0.15, -0.1) is 0 Å². The molecule has 1 unspecified atom stereocenters. The summed E-state index contributed by atoms with van der Waals surface area (Å²) < 4.78 is 0. The molecule has 0 fully saturated rings. The monoisotopic (exact) mass is 377 g/mol. The molecule has 0 aliphatic carbocycles. The molecule has 1 aliphatic rings. The molecule has 1 heterocycles. The minimum atomic E-state index is -0.485. The van der Waals surface area contributed by atoms with E-state index in [1.165, 1.54) is 29.2 Å². The maximum absolute atomic E-state index is 12.6. The molecular formula is C17H13Cl2N3O3. The highest BCUT2D eigenvalue weighted by Crippen LogP contribution is 2.32. The van der Waals surface area contributed by atoms with Gasteiger partial charge in [0.05, 0.1) is 16.7 Å². The number of nitro groups is 1. The van der Waals surface area contributed by atoms with Crippen molar-refractivity contribution in [3.8, 4) is 0 Å². The fourth-order valence-electron chi connectivity index (χ4n) is 2.68. The lowest BCUT2D eigenvalue weighted by molar-refractivity contribution is -0.384. The van der Waals surface area contributed by atoms with Crippen LogP contribution in [0.1, 0.15) is 18.5 Å². The zero-order valence-electron chi connectivity index (χ0n) is 13.1. The van der Waals surface area contributed by atoms with Gasteiger partial charge in [-0.1, -0.05) is 29.3 Å². The number of nitrogens with zero attached hydrogens (tertiary/aromatic N) is 2. The van der Waals surface area contributed by atoms with Crippen LogP contribution in [0, 0.1) is 10.1 Å². The minimum Gasteiger partial charge on any atom is -0.327 e. The highest BCUT2D eigenvalue weighted by molar-refractivity contribution is 6.35. The first kappa shape index (κ1) is 17.3. The molecule has 128 valence electrons. The summed E-state index contributed by atoms with van der Waals surface area (Å²) in [5.74, 6) is 0. The first-order valence-electron chi connectivity index (χ1n) is 7.35. The summed E-state index contributed by atoms with van der Waals surface area (Å²) in [4.78, 5) is 24.3. The third-order valence-electron chi connectivity index (χ3n) is 3.86. The van der Waals surface area contributed by atoms with Crippen LogP contribution in [-0.2, 0) is 0 Å². The molecule has 2 aromatic rings. The van der Waals surface area contributed by atoms with Gasteiger partial charge in [0.2, 0.25) is 0 Å². The number of urea groups is 1. The molecule has 1 atom stereocenters. The van der Waals surface area contributed by atoms with E-state index in [0.29, 0.717) is 21.4 Å². The smallest absolute Gasteiger partial charge is 0.326 e. The number of nitro benzene ring substituents is 1. The summed E-state index contributed by atoms with van der Waals surface area (Å²) in [5, 5.41) is 14.6. The van der Waals surface area contributed by atoms with Crippen LogP contribution in [0.2, 0.25) is 10.0 Å². The number of carbonyl (C=O) groups is 1. The lowest BCUT2D eigenvalue weighted by Gasteiger charge is -2.32. The van der Waals surface area contributed by atoms with Crippen molar-refractivity contribution in [2.45, 2.75) is 13.0 Å². The first-order valence-corrected chi connectivity index (χ1v) is 8.11. The van der Waals surface area contributed by atoms with Crippen LogP contribution in [0.3, 0.4) is 0 Å². The van der Waals surface area contributed by atoms with Crippen LogP contribution in [0.5, 0.6) is 0 Å². The predicted octanol–water partition coefficient (Wildman–Crippen LogP) is 5.08. The Morgan fingerprint density at radius 3 is 2.40 bits per heavy atom. The van der Waals surface area contributed by atoms with E-state index in [9.17, 15) is 14.9 Å². The zero-order valence-corrected chi connectivity index (χ0v) is 14.6. The maximum Gasteiger partial charge on any atom is 0.326 e. The summed E-state index contributed by atoms with van der Waals surface area (Å²) in [6, 6.07) is 10.2. The summed E-state index contributed by atoms with van der Waals surface area (Å²) in [7, 11) is 0. The summed E-state index contributed by atoms with van der Waals surface area (Å²) in [5.41, 5.74) is 1.93. The number of hydrogen-bond acceptors (Lipinski definition) is 3. The molecule has 3 rings (SSSR count). The number of anilines is 1. The van der Waals surface area contributed by atoms with Gasteiger partial charge in [-0.2, -0.15) is 0 Å². The van der Waals surface area contributed by atoms with Crippen molar-refractivity contribution < 1.29 is 9.72 Å². The number of amides is 2. The van der Waals surface area contributed by atoms with Crippen molar-refractivity contribution >= 4 is 40.6 Å². The zero-order chi connectivity index (χ0) is 18.1. The Balaban J connectivity index is 1.92. The number of benzene rings is 2. The highest BCUT2D eigenvalue weighted by atomic mass is 35.5. The van der Waals surface area contributed by atoms with Gasteiger partial charge in [-0.05, 0) is 42.8 Å². The lowest BCUT2D eigenvalue weighted by Crippen LogP contribution is -2.44. The van der Waals surface area contributed by atoms with Crippen LogP contribution >= 0.6 is 23.2 Å². The van der Waals surface area contributed by atoms with E-state index >= 15 is 0 Å². The van der Waals surface area contributed by atoms with Crippen LogP contribution < -0.4 is 10.2 Å². The second-order valence-electron chi connectivity index (χ2n) is 5.51. The van der Waals surface area contributed by atoms with E-state index in [2.05, 4.69) is 5.32 Å². The van der Waals surface area contributed by atoms with Crippen molar-refractivity contribution in [1.82, 2.24) is 5.32 Å². The normalized spacial score (nSPS) is 17.1. The average Bonchev–Trinajstić information content (AvgIpc) is 2.54. The second-order valence-corrected chi connectivity index (χ2v) is 6.35. The first-order chi connectivity index (χ1) is 11.9. The van der Waals surface area contributed by atoms with Crippen LogP contribution in [-0.4, -0.2) is 11.0 Å². The topological polar surface area (TPSA) is 75.5 Å². The molecule has 0 radical (unpaired) electrons. The van der Waals surface area contributed by atoms with E-state index < -0.39 is 4.92 Å². The van der Waals surface area contributed by atoms with Crippen molar-refractivity contribution in [3.05, 3.63) is 80.0 Å². The van der Waals surface area contributed by atoms with E-state index in [4.69, 9.17) is 23.2 Å². The Morgan fingerprint density at radius 2 is 1.84 bits per heavy atom. The highest BCUT2D eigenvalue weighted by Gasteiger charge is 2.27. The second kappa shape index (κ2) is 6.74. The van der Waals surface area contributed by atoms with Crippen molar-refractivity contribution in [2.24, 2.45) is 0 Å². The number of carbonyl (C=O) groups excluding carboxylic acids is 1. The average molecular weight is 378 g/mol. The number of non-ortho nitro benzene ring substituents is 1. The van der Waals surface area contributed by atoms with Gasteiger partial charge in [0.1, 0.15) is 0 Å². The number of hydrogen-bond donors (Lipinski definition) is 1. The lowest BCUT2D eigenvalue weighted by atomic mass is 10.0.